The molecule has 0 radical (unpaired) electrons. The normalized spacial score (nSPS) is 28.5. The van der Waals surface area contributed by atoms with E-state index >= 15 is 0 Å². The van der Waals surface area contributed by atoms with Gasteiger partial charge in [-0.3, -0.25) is 0 Å². The summed E-state index contributed by atoms with van der Waals surface area (Å²) < 4.78 is 7.52. The summed E-state index contributed by atoms with van der Waals surface area (Å²) >= 11 is 5.49. The molecule has 1 fully saturated rings. The molecule has 0 aliphatic heterocycles. The van der Waals surface area contributed by atoms with Crippen LogP contribution in [-0.4, -0.2) is 25.3 Å². The molecule has 1 atom stereocenters. The summed E-state index contributed by atoms with van der Waals surface area (Å²) in [4.78, 5) is 1.42. The van der Waals surface area contributed by atoms with Crippen LogP contribution in [0.3, 0.4) is 0 Å². The molecule has 1 aliphatic rings. The van der Waals surface area contributed by atoms with Gasteiger partial charge in [0.25, 0.3) is 0 Å². The van der Waals surface area contributed by atoms with Gasteiger partial charge in [-0.15, -0.1) is 11.3 Å². The molecule has 1 aromatic heterocycles. The van der Waals surface area contributed by atoms with Crippen molar-refractivity contribution in [2.75, 3.05) is 13.7 Å². The molecule has 0 bridgehead atoms. The summed E-state index contributed by atoms with van der Waals surface area (Å²) in [5.74, 6) is 0.842. The van der Waals surface area contributed by atoms with Gasteiger partial charge in [-0.05, 0) is 72.9 Å². The molecule has 1 aliphatic carbocycles. The highest BCUT2D eigenvalue weighted by Crippen LogP contribution is 2.39. The van der Waals surface area contributed by atoms with Gasteiger partial charge in [-0.25, -0.2) is 0 Å². The summed E-state index contributed by atoms with van der Waals surface area (Å²) in [6, 6.07) is 2.54. The molecule has 2 rings (SSSR count). The summed E-state index contributed by atoms with van der Waals surface area (Å²) in [5.41, 5.74) is 0.0133. The number of rotatable bonds is 6. The molecule has 20 heavy (non-hydrogen) atoms. The number of hydrogen-bond donors (Lipinski definition) is 1. The van der Waals surface area contributed by atoms with Gasteiger partial charge in [0.05, 0.1) is 5.60 Å². The smallest absolute Gasteiger partial charge is 0.0838 e. The second-order valence-electron chi connectivity index (χ2n) is 5.92. The van der Waals surface area contributed by atoms with Crippen LogP contribution in [0.1, 0.15) is 44.4 Å². The van der Waals surface area contributed by atoms with Crippen LogP contribution in [-0.2, 0) is 11.2 Å². The Kier molecular flexibility index (Phi) is 6.09. The van der Waals surface area contributed by atoms with Crippen LogP contribution in [0.2, 0.25) is 0 Å². The Hall–Kier alpha value is 0.1000. The standard InChI is InChI=1S/C16H26BrNOS/c1-4-19-16(8-5-12(2)6-9-16)15(18-3)11-14-13(17)7-10-20-14/h7,10,12,15,18H,4-6,8-9,11H2,1-3H3. The Balaban J connectivity index is 2.15. The molecule has 1 heterocycles. The third-order valence-corrected chi connectivity index (χ3v) is 6.57. The lowest BCUT2D eigenvalue weighted by molar-refractivity contribution is -0.0946. The van der Waals surface area contributed by atoms with E-state index in [1.165, 1.54) is 35.0 Å². The Labute approximate surface area is 135 Å². The lowest BCUT2D eigenvalue weighted by Gasteiger charge is -2.44. The first kappa shape index (κ1) is 16.5. The van der Waals surface area contributed by atoms with Gasteiger partial charge >= 0.3 is 0 Å². The first-order valence-electron chi connectivity index (χ1n) is 7.64. The third-order valence-electron chi connectivity index (χ3n) is 4.62. The van der Waals surface area contributed by atoms with Gasteiger partial charge in [0.2, 0.25) is 0 Å². The number of hydrogen-bond acceptors (Lipinski definition) is 3. The van der Waals surface area contributed by atoms with Crippen molar-refractivity contribution >= 4 is 27.3 Å². The molecule has 0 spiro atoms. The highest BCUT2D eigenvalue weighted by molar-refractivity contribution is 9.10. The number of likely N-dealkylation sites (N-methyl/N-ethyl adjacent to an activating group) is 1. The SMILES string of the molecule is CCOC1(C(Cc2sccc2Br)NC)CCC(C)CC1. The van der Waals surface area contributed by atoms with Crippen molar-refractivity contribution in [1.82, 2.24) is 5.32 Å². The minimum Gasteiger partial charge on any atom is -0.374 e. The molecule has 1 saturated carbocycles. The van der Waals surface area contributed by atoms with E-state index in [0.717, 1.165) is 18.9 Å². The maximum atomic E-state index is 6.29. The topological polar surface area (TPSA) is 21.3 Å². The summed E-state index contributed by atoms with van der Waals surface area (Å²) in [6.45, 7) is 5.28. The Morgan fingerprint density at radius 2 is 2.20 bits per heavy atom. The Bertz CT molecular complexity index is 412. The van der Waals surface area contributed by atoms with Crippen LogP contribution >= 0.6 is 27.3 Å². The molecular formula is C16H26BrNOS. The van der Waals surface area contributed by atoms with Crippen molar-refractivity contribution in [2.24, 2.45) is 5.92 Å². The molecule has 0 amide bonds. The number of thiophene rings is 1. The zero-order valence-corrected chi connectivity index (χ0v) is 15.1. The average Bonchev–Trinajstić information content (AvgIpc) is 2.84. The van der Waals surface area contributed by atoms with Crippen molar-refractivity contribution < 1.29 is 4.74 Å². The van der Waals surface area contributed by atoms with E-state index < -0.39 is 0 Å². The second-order valence-corrected chi connectivity index (χ2v) is 7.77. The van der Waals surface area contributed by atoms with E-state index in [2.05, 4.69) is 53.6 Å². The van der Waals surface area contributed by atoms with Crippen molar-refractivity contribution in [3.8, 4) is 0 Å². The lowest BCUT2D eigenvalue weighted by Crippen LogP contribution is -2.54. The van der Waals surface area contributed by atoms with Gasteiger partial charge < -0.3 is 10.1 Å². The third kappa shape index (κ3) is 3.65. The van der Waals surface area contributed by atoms with E-state index in [1.54, 1.807) is 0 Å². The highest BCUT2D eigenvalue weighted by atomic mass is 79.9. The molecule has 1 unspecified atom stereocenters. The van der Waals surface area contributed by atoms with Gasteiger partial charge in [0.1, 0.15) is 0 Å². The van der Waals surface area contributed by atoms with Crippen LogP contribution in [0.5, 0.6) is 0 Å². The molecule has 114 valence electrons. The molecule has 0 saturated heterocycles. The van der Waals surface area contributed by atoms with Crippen LogP contribution in [0.25, 0.3) is 0 Å². The first-order valence-corrected chi connectivity index (χ1v) is 9.31. The molecule has 1 N–H and O–H groups in total. The van der Waals surface area contributed by atoms with Crippen LogP contribution < -0.4 is 5.32 Å². The quantitative estimate of drug-likeness (QED) is 0.799. The largest absolute Gasteiger partial charge is 0.374 e. The fraction of sp³-hybridized carbons (Fsp3) is 0.750. The number of ether oxygens (including phenoxy) is 1. The average molecular weight is 360 g/mol. The second kappa shape index (κ2) is 7.39. The van der Waals surface area contributed by atoms with Gasteiger partial charge in [0.15, 0.2) is 0 Å². The van der Waals surface area contributed by atoms with E-state index in [9.17, 15) is 0 Å². The summed E-state index contributed by atoms with van der Waals surface area (Å²) in [5, 5.41) is 5.69. The predicted octanol–water partition coefficient (Wildman–Crippen LogP) is 4.63. The van der Waals surface area contributed by atoms with Crippen LogP contribution in [0, 0.1) is 5.92 Å². The zero-order valence-electron chi connectivity index (χ0n) is 12.7. The van der Waals surface area contributed by atoms with E-state index in [4.69, 9.17) is 4.74 Å². The fourth-order valence-corrected chi connectivity index (χ4v) is 4.90. The first-order chi connectivity index (χ1) is 9.61. The highest BCUT2D eigenvalue weighted by Gasteiger charge is 2.41. The van der Waals surface area contributed by atoms with Crippen LogP contribution in [0.15, 0.2) is 15.9 Å². The van der Waals surface area contributed by atoms with E-state index in [0.29, 0.717) is 6.04 Å². The number of nitrogens with one attached hydrogen (secondary N) is 1. The van der Waals surface area contributed by atoms with Gasteiger partial charge in [0, 0.05) is 28.4 Å². The van der Waals surface area contributed by atoms with Gasteiger partial charge in [-0.1, -0.05) is 6.92 Å². The predicted molar refractivity (Wildman–Crippen MR) is 90.6 cm³/mol. The minimum absolute atomic E-state index is 0.0133. The maximum absolute atomic E-state index is 6.29. The number of halogens is 1. The van der Waals surface area contributed by atoms with E-state index in [-0.39, 0.29) is 5.60 Å². The van der Waals surface area contributed by atoms with E-state index in [1.807, 2.05) is 11.3 Å². The molecule has 4 heteroatoms. The summed E-state index contributed by atoms with van der Waals surface area (Å²) in [7, 11) is 2.07. The summed E-state index contributed by atoms with van der Waals surface area (Å²) in [6.07, 6.45) is 5.96. The minimum atomic E-state index is 0.0133. The maximum Gasteiger partial charge on any atom is 0.0838 e. The molecular weight excluding hydrogens is 334 g/mol. The molecule has 1 aromatic rings. The fourth-order valence-electron chi connectivity index (χ4n) is 3.34. The van der Waals surface area contributed by atoms with Crippen molar-refractivity contribution in [1.29, 1.82) is 0 Å². The lowest BCUT2D eigenvalue weighted by atomic mass is 9.74. The zero-order chi connectivity index (χ0) is 14.6. The van der Waals surface area contributed by atoms with Crippen molar-refractivity contribution in [2.45, 2.75) is 57.6 Å². The molecule has 0 aromatic carbocycles. The monoisotopic (exact) mass is 359 g/mol. The van der Waals surface area contributed by atoms with Crippen molar-refractivity contribution in [3.05, 3.63) is 20.8 Å². The molecule has 2 nitrogen and oxygen atoms in total. The van der Waals surface area contributed by atoms with Crippen molar-refractivity contribution in [3.63, 3.8) is 0 Å². The Morgan fingerprint density at radius 1 is 1.50 bits per heavy atom. The van der Waals surface area contributed by atoms with Crippen LogP contribution in [0.4, 0.5) is 0 Å². The Morgan fingerprint density at radius 3 is 2.70 bits per heavy atom. The van der Waals surface area contributed by atoms with Gasteiger partial charge in [-0.2, -0.15) is 0 Å².